The zero-order chi connectivity index (χ0) is 17.5. The van der Waals surface area contributed by atoms with Gasteiger partial charge in [-0.05, 0) is 24.6 Å². The van der Waals surface area contributed by atoms with Crippen LogP contribution in [0.2, 0.25) is 0 Å². The number of aryl methyl sites for hydroxylation is 1. The van der Waals surface area contributed by atoms with Crippen LogP contribution in [-0.2, 0) is 4.74 Å². The SMILES string of the molecule is C=CC1=NC(C(F)(F)F)(C(F)(F)F)N=C(c2ccccc2C)O1. The minimum atomic E-state index is -5.79. The monoisotopic (exact) mass is 336 g/mol. The van der Waals surface area contributed by atoms with Crippen molar-refractivity contribution in [1.82, 2.24) is 0 Å². The first-order chi connectivity index (χ1) is 10.5. The molecular formula is C14H10F6N2O. The van der Waals surface area contributed by atoms with Crippen LogP contribution in [0.5, 0.6) is 0 Å². The molecule has 0 aliphatic carbocycles. The van der Waals surface area contributed by atoms with Gasteiger partial charge in [-0.1, -0.05) is 24.8 Å². The topological polar surface area (TPSA) is 34.0 Å². The number of ether oxygens (including phenoxy) is 1. The molecule has 0 fully saturated rings. The van der Waals surface area contributed by atoms with Gasteiger partial charge in [0.25, 0.3) is 0 Å². The molecule has 0 N–H and O–H groups in total. The summed E-state index contributed by atoms with van der Waals surface area (Å²) in [4.78, 5) is 5.41. The van der Waals surface area contributed by atoms with Gasteiger partial charge in [-0.3, -0.25) is 0 Å². The van der Waals surface area contributed by atoms with E-state index in [-0.39, 0.29) is 5.56 Å². The largest absolute Gasteiger partial charge is 0.443 e. The minimum Gasteiger partial charge on any atom is -0.421 e. The highest BCUT2D eigenvalue weighted by molar-refractivity contribution is 6.07. The lowest BCUT2D eigenvalue weighted by molar-refractivity contribution is -0.293. The summed E-state index contributed by atoms with van der Waals surface area (Å²) < 4.78 is 83.9. The predicted octanol–water partition coefficient (Wildman–Crippen LogP) is 4.18. The van der Waals surface area contributed by atoms with Gasteiger partial charge in [0, 0.05) is 5.56 Å². The number of alkyl halides is 6. The maximum absolute atomic E-state index is 13.2. The highest BCUT2D eigenvalue weighted by atomic mass is 19.4. The summed E-state index contributed by atoms with van der Waals surface area (Å²) in [6, 6.07) is 5.82. The molecule has 1 heterocycles. The molecule has 2 rings (SSSR count). The summed E-state index contributed by atoms with van der Waals surface area (Å²) >= 11 is 0. The average Bonchev–Trinajstić information content (AvgIpc) is 2.44. The van der Waals surface area contributed by atoms with Crippen LogP contribution >= 0.6 is 0 Å². The minimum absolute atomic E-state index is 0.000347. The van der Waals surface area contributed by atoms with Crippen molar-refractivity contribution in [3.63, 3.8) is 0 Å². The Morgan fingerprint density at radius 3 is 2.09 bits per heavy atom. The van der Waals surface area contributed by atoms with E-state index in [4.69, 9.17) is 4.74 Å². The first-order valence-electron chi connectivity index (χ1n) is 6.21. The zero-order valence-corrected chi connectivity index (χ0v) is 11.7. The molecule has 0 spiro atoms. The van der Waals surface area contributed by atoms with Gasteiger partial charge in [0.05, 0.1) is 0 Å². The summed E-state index contributed by atoms with van der Waals surface area (Å²) in [5.41, 5.74) is -4.23. The maximum atomic E-state index is 13.2. The van der Waals surface area contributed by atoms with E-state index in [2.05, 4.69) is 16.6 Å². The number of aliphatic imine (C=N–C) groups is 2. The molecule has 0 atom stereocenters. The molecule has 0 saturated heterocycles. The molecule has 0 unspecified atom stereocenters. The van der Waals surface area contributed by atoms with E-state index in [1.54, 1.807) is 6.07 Å². The van der Waals surface area contributed by atoms with Crippen LogP contribution in [0, 0.1) is 6.92 Å². The van der Waals surface area contributed by atoms with Crippen LogP contribution in [-0.4, -0.2) is 29.8 Å². The van der Waals surface area contributed by atoms with Gasteiger partial charge >= 0.3 is 18.0 Å². The summed E-state index contributed by atoms with van der Waals surface area (Å²) in [6.45, 7) is 4.62. The van der Waals surface area contributed by atoms with Crippen molar-refractivity contribution < 1.29 is 31.1 Å². The van der Waals surface area contributed by atoms with Crippen LogP contribution in [0.4, 0.5) is 26.3 Å². The molecule has 0 saturated carbocycles. The van der Waals surface area contributed by atoms with Crippen molar-refractivity contribution >= 4 is 11.8 Å². The second kappa shape index (κ2) is 5.39. The molecule has 1 aliphatic heterocycles. The van der Waals surface area contributed by atoms with Crippen molar-refractivity contribution in [3.8, 4) is 0 Å². The Morgan fingerprint density at radius 2 is 1.61 bits per heavy atom. The van der Waals surface area contributed by atoms with E-state index in [0.29, 0.717) is 11.6 Å². The molecule has 1 aliphatic rings. The smallest absolute Gasteiger partial charge is 0.421 e. The molecule has 0 radical (unpaired) electrons. The number of halogens is 6. The summed E-state index contributed by atoms with van der Waals surface area (Å²) in [5.74, 6) is -1.73. The maximum Gasteiger partial charge on any atom is 0.443 e. The predicted molar refractivity (Wildman–Crippen MR) is 71.3 cm³/mol. The van der Waals surface area contributed by atoms with Crippen LogP contribution in [0.3, 0.4) is 0 Å². The average molecular weight is 336 g/mol. The van der Waals surface area contributed by atoms with Gasteiger partial charge in [0.1, 0.15) is 0 Å². The number of rotatable bonds is 2. The molecule has 0 aromatic heterocycles. The molecule has 1 aromatic carbocycles. The Morgan fingerprint density at radius 1 is 1.04 bits per heavy atom. The van der Waals surface area contributed by atoms with E-state index >= 15 is 0 Å². The molecule has 23 heavy (non-hydrogen) atoms. The quantitative estimate of drug-likeness (QED) is 0.746. The lowest BCUT2D eigenvalue weighted by Gasteiger charge is -2.33. The highest BCUT2D eigenvalue weighted by Gasteiger charge is 2.73. The normalized spacial score (nSPS) is 17.9. The second-order valence-electron chi connectivity index (χ2n) is 4.66. The fourth-order valence-corrected chi connectivity index (χ4v) is 1.91. The van der Waals surface area contributed by atoms with Crippen LogP contribution in [0.25, 0.3) is 0 Å². The van der Waals surface area contributed by atoms with Gasteiger partial charge in [-0.2, -0.15) is 26.3 Å². The third-order valence-corrected chi connectivity index (χ3v) is 3.08. The van der Waals surface area contributed by atoms with E-state index in [0.717, 1.165) is 0 Å². The Bertz CT molecular complexity index is 673. The molecular weight excluding hydrogens is 326 g/mol. The molecule has 0 amide bonds. The third kappa shape index (κ3) is 2.82. The number of nitrogens with zero attached hydrogens (tertiary/aromatic N) is 2. The molecule has 124 valence electrons. The van der Waals surface area contributed by atoms with Crippen molar-refractivity contribution in [2.24, 2.45) is 9.98 Å². The Kier molecular flexibility index (Phi) is 4.00. The lowest BCUT2D eigenvalue weighted by atomic mass is 10.1. The Hall–Kier alpha value is -2.32. The fourth-order valence-electron chi connectivity index (χ4n) is 1.91. The first kappa shape index (κ1) is 17.0. The van der Waals surface area contributed by atoms with E-state index in [9.17, 15) is 26.3 Å². The number of benzene rings is 1. The van der Waals surface area contributed by atoms with Crippen LogP contribution < -0.4 is 0 Å². The zero-order valence-electron chi connectivity index (χ0n) is 11.7. The number of hydrogen-bond donors (Lipinski definition) is 0. The van der Waals surface area contributed by atoms with E-state index in [1.165, 1.54) is 25.1 Å². The van der Waals surface area contributed by atoms with Crippen LogP contribution in [0.15, 0.2) is 46.9 Å². The molecule has 9 heteroatoms. The van der Waals surface area contributed by atoms with Gasteiger partial charge < -0.3 is 4.74 Å². The highest BCUT2D eigenvalue weighted by Crippen LogP contribution is 2.48. The van der Waals surface area contributed by atoms with Crippen molar-refractivity contribution in [2.45, 2.75) is 24.9 Å². The Balaban J connectivity index is 2.74. The third-order valence-electron chi connectivity index (χ3n) is 3.08. The summed E-state index contributed by atoms with van der Waals surface area (Å²) in [5, 5.41) is 0. The lowest BCUT2D eigenvalue weighted by Crippen LogP contribution is -2.56. The van der Waals surface area contributed by atoms with E-state index in [1.807, 2.05) is 0 Å². The van der Waals surface area contributed by atoms with Crippen molar-refractivity contribution in [2.75, 3.05) is 0 Å². The molecule has 3 nitrogen and oxygen atoms in total. The second-order valence-corrected chi connectivity index (χ2v) is 4.66. The fraction of sp³-hybridized carbons (Fsp3) is 0.286. The van der Waals surface area contributed by atoms with Crippen molar-refractivity contribution in [1.29, 1.82) is 0 Å². The van der Waals surface area contributed by atoms with Gasteiger partial charge in [0.2, 0.25) is 11.8 Å². The summed E-state index contributed by atoms with van der Waals surface area (Å²) in [7, 11) is 0. The standard InChI is InChI=1S/C14H10F6N2O/c1-3-10-21-12(13(15,16)17,14(18,19)20)22-11(23-10)9-7-5-4-6-8(9)2/h3-7H,1H2,2H3. The number of hydrogen-bond acceptors (Lipinski definition) is 3. The molecule has 0 bridgehead atoms. The van der Waals surface area contributed by atoms with E-state index < -0.39 is 29.8 Å². The van der Waals surface area contributed by atoms with Gasteiger partial charge in [0.15, 0.2) is 0 Å². The first-order valence-corrected chi connectivity index (χ1v) is 6.21. The van der Waals surface area contributed by atoms with Gasteiger partial charge in [-0.15, -0.1) is 0 Å². The van der Waals surface area contributed by atoms with Gasteiger partial charge in [-0.25, -0.2) is 9.98 Å². The van der Waals surface area contributed by atoms with Crippen molar-refractivity contribution in [3.05, 3.63) is 48.0 Å². The molecule has 1 aromatic rings. The Labute approximate surface area is 127 Å². The summed E-state index contributed by atoms with van der Waals surface area (Å²) in [6.07, 6.45) is -10.9. The van der Waals surface area contributed by atoms with Crippen LogP contribution in [0.1, 0.15) is 11.1 Å².